The van der Waals surface area contributed by atoms with Crippen LogP contribution in [0.5, 0.6) is 0 Å². The van der Waals surface area contributed by atoms with E-state index in [1.165, 1.54) is 0 Å². The molecule has 1 rings (SSSR count). The Kier molecular flexibility index (Phi) is 2.87. The van der Waals surface area contributed by atoms with Crippen LogP contribution in [-0.4, -0.2) is 29.9 Å². The molecule has 3 heteroatoms. The summed E-state index contributed by atoms with van der Waals surface area (Å²) < 4.78 is 0. The minimum Gasteiger partial charge on any atom is -0.337 e. The molecule has 1 unspecified atom stereocenters. The van der Waals surface area contributed by atoms with Crippen molar-refractivity contribution in [3.8, 4) is 0 Å². The first kappa shape index (κ1) is 9.26. The number of carbonyl (C=O) groups is 1. The molecule has 1 fully saturated rings. The first-order chi connectivity index (χ1) is 5.61. The van der Waals surface area contributed by atoms with Crippen molar-refractivity contribution in [2.75, 3.05) is 13.1 Å². The maximum absolute atomic E-state index is 11.4. The summed E-state index contributed by atoms with van der Waals surface area (Å²) >= 11 is 0. The van der Waals surface area contributed by atoms with Gasteiger partial charge in [-0.3, -0.25) is 4.79 Å². The van der Waals surface area contributed by atoms with Crippen molar-refractivity contribution in [2.45, 2.75) is 25.8 Å². The number of hydrogen-bond acceptors (Lipinski definition) is 2. The molecule has 1 aliphatic rings. The Morgan fingerprint density at radius 1 is 1.83 bits per heavy atom. The molecular weight excluding hydrogens is 152 g/mol. The Bertz CT molecular complexity index is 201. The third kappa shape index (κ3) is 2.08. The summed E-state index contributed by atoms with van der Waals surface area (Å²) in [5, 5.41) is 0. The van der Waals surface area contributed by atoms with Crippen LogP contribution in [0.4, 0.5) is 0 Å². The topological polar surface area (TPSA) is 46.3 Å². The van der Waals surface area contributed by atoms with Crippen LogP contribution in [0.15, 0.2) is 12.2 Å². The van der Waals surface area contributed by atoms with Crippen LogP contribution in [0.2, 0.25) is 0 Å². The second kappa shape index (κ2) is 3.72. The van der Waals surface area contributed by atoms with E-state index < -0.39 is 0 Å². The van der Waals surface area contributed by atoms with E-state index in [0.29, 0.717) is 6.54 Å². The molecular formula is C9H16N2O. The van der Waals surface area contributed by atoms with Gasteiger partial charge in [-0.05, 0) is 19.8 Å². The van der Waals surface area contributed by atoms with Gasteiger partial charge in [0.15, 0.2) is 0 Å². The molecule has 0 bridgehead atoms. The van der Waals surface area contributed by atoms with E-state index in [-0.39, 0.29) is 11.9 Å². The molecule has 1 amide bonds. The Morgan fingerprint density at radius 2 is 2.50 bits per heavy atom. The number of carbonyl (C=O) groups excluding carboxylic acids is 1. The number of rotatable bonds is 2. The molecule has 0 saturated carbocycles. The van der Waals surface area contributed by atoms with Crippen molar-refractivity contribution in [1.29, 1.82) is 0 Å². The Labute approximate surface area is 73.2 Å². The Morgan fingerprint density at radius 3 is 3.08 bits per heavy atom. The first-order valence-electron chi connectivity index (χ1n) is 4.30. The largest absolute Gasteiger partial charge is 0.337 e. The summed E-state index contributed by atoms with van der Waals surface area (Å²) in [5.74, 6) is 0.0734. The summed E-state index contributed by atoms with van der Waals surface area (Å²) in [5.41, 5.74) is 6.64. The second-order valence-corrected chi connectivity index (χ2v) is 3.47. The van der Waals surface area contributed by atoms with Crippen LogP contribution in [0, 0.1) is 0 Å². The fourth-order valence-electron chi connectivity index (χ4n) is 1.45. The van der Waals surface area contributed by atoms with Gasteiger partial charge in [-0.2, -0.15) is 0 Å². The van der Waals surface area contributed by atoms with E-state index in [9.17, 15) is 4.79 Å². The number of amides is 1. The van der Waals surface area contributed by atoms with Crippen LogP contribution < -0.4 is 5.73 Å². The lowest BCUT2D eigenvalue weighted by atomic mass is 10.1. The molecule has 0 aromatic carbocycles. The van der Waals surface area contributed by atoms with E-state index in [4.69, 9.17) is 5.73 Å². The molecule has 3 nitrogen and oxygen atoms in total. The number of piperidine rings is 1. The van der Waals surface area contributed by atoms with Gasteiger partial charge in [-0.1, -0.05) is 12.2 Å². The van der Waals surface area contributed by atoms with Crippen molar-refractivity contribution in [3.63, 3.8) is 0 Å². The summed E-state index contributed by atoms with van der Waals surface area (Å²) in [6, 6.07) is -0.280. The van der Waals surface area contributed by atoms with Crippen molar-refractivity contribution < 1.29 is 4.79 Å². The number of hydrogen-bond donors (Lipinski definition) is 1. The predicted octanol–water partition coefficient (Wildman–Crippen LogP) is 0.512. The van der Waals surface area contributed by atoms with Gasteiger partial charge in [0.2, 0.25) is 5.91 Å². The molecule has 1 atom stereocenters. The molecule has 12 heavy (non-hydrogen) atoms. The van der Waals surface area contributed by atoms with E-state index >= 15 is 0 Å². The van der Waals surface area contributed by atoms with Crippen LogP contribution >= 0.6 is 0 Å². The summed E-state index contributed by atoms with van der Waals surface area (Å²) in [6.07, 6.45) is 1.84. The van der Waals surface area contributed by atoms with E-state index in [0.717, 1.165) is 25.0 Å². The van der Waals surface area contributed by atoms with Crippen molar-refractivity contribution >= 4 is 5.91 Å². The smallest absolute Gasteiger partial charge is 0.239 e. The lowest BCUT2D eigenvalue weighted by Gasteiger charge is -2.30. The van der Waals surface area contributed by atoms with Crippen molar-refractivity contribution in [2.24, 2.45) is 5.73 Å². The van der Waals surface area contributed by atoms with Gasteiger partial charge >= 0.3 is 0 Å². The monoisotopic (exact) mass is 168 g/mol. The summed E-state index contributed by atoms with van der Waals surface area (Å²) in [7, 11) is 0. The molecule has 0 aromatic rings. The Balaban J connectivity index is 2.52. The molecule has 68 valence electrons. The van der Waals surface area contributed by atoms with E-state index in [2.05, 4.69) is 6.58 Å². The highest BCUT2D eigenvalue weighted by Crippen LogP contribution is 2.10. The van der Waals surface area contributed by atoms with Crippen molar-refractivity contribution in [3.05, 3.63) is 12.2 Å². The molecule has 0 aromatic heterocycles. The molecule has 0 radical (unpaired) electrons. The standard InChI is InChI=1S/C9H16N2O/c1-7(2)6-11-5-3-4-8(10)9(11)12/h8H,1,3-6,10H2,2H3. The minimum absolute atomic E-state index is 0.0734. The highest BCUT2D eigenvalue weighted by atomic mass is 16.2. The zero-order chi connectivity index (χ0) is 9.14. The van der Waals surface area contributed by atoms with Crippen LogP contribution in [0.1, 0.15) is 19.8 Å². The molecule has 1 aliphatic heterocycles. The third-order valence-corrected chi connectivity index (χ3v) is 2.03. The van der Waals surface area contributed by atoms with Gasteiger partial charge in [-0.25, -0.2) is 0 Å². The highest BCUT2D eigenvalue weighted by molar-refractivity contribution is 5.82. The number of nitrogens with zero attached hydrogens (tertiary/aromatic N) is 1. The first-order valence-corrected chi connectivity index (χ1v) is 4.30. The van der Waals surface area contributed by atoms with E-state index in [1.807, 2.05) is 6.92 Å². The average molecular weight is 168 g/mol. The summed E-state index contributed by atoms with van der Waals surface area (Å²) in [6.45, 7) is 7.19. The van der Waals surface area contributed by atoms with Crippen LogP contribution in [0.3, 0.4) is 0 Å². The Hall–Kier alpha value is -0.830. The fourth-order valence-corrected chi connectivity index (χ4v) is 1.45. The molecule has 1 heterocycles. The zero-order valence-electron chi connectivity index (χ0n) is 7.55. The van der Waals surface area contributed by atoms with Gasteiger partial charge in [-0.15, -0.1) is 0 Å². The predicted molar refractivity (Wildman–Crippen MR) is 48.6 cm³/mol. The molecule has 1 saturated heterocycles. The normalized spacial score (nSPS) is 24.3. The molecule has 0 spiro atoms. The molecule has 0 aliphatic carbocycles. The zero-order valence-corrected chi connectivity index (χ0v) is 7.55. The average Bonchev–Trinajstić information content (AvgIpc) is 1.98. The number of likely N-dealkylation sites (tertiary alicyclic amines) is 1. The lowest BCUT2D eigenvalue weighted by Crippen LogP contribution is -2.48. The maximum Gasteiger partial charge on any atom is 0.239 e. The van der Waals surface area contributed by atoms with Gasteiger partial charge in [0.1, 0.15) is 0 Å². The van der Waals surface area contributed by atoms with Gasteiger partial charge in [0.05, 0.1) is 6.04 Å². The van der Waals surface area contributed by atoms with Gasteiger partial charge < -0.3 is 10.6 Å². The second-order valence-electron chi connectivity index (χ2n) is 3.47. The lowest BCUT2D eigenvalue weighted by molar-refractivity contribution is -0.134. The maximum atomic E-state index is 11.4. The van der Waals surface area contributed by atoms with Crippen LogP contribution in [-0.2, 0) is 4.79 Å². The summed E-state index contributed by atoms with van der Waals surface area (Å²) in [4.78, 5) is 13.2. The fraction of sp³-hybridized carbons (Fsp3) is 0.667. The number of nitrogens with two attached hydrogens (primary N) is 1. The minimum atomic E-state index is -0.280. The van der Waals surface area contributed by atoms with Crippen molar-refractivity contribution in [1.82, 2.24) is 4.90 Å². The van der Waals surface area contributed by atoms with Gasteiger partial charge in [0.25, 0.3) is 0 Å². The van der Waals surface area contributed by atoms with Gasteiger partial charge in [0, 0.05) is 13.1 Å². The third-order valence-electron chi connectivity index (χ3n) is 2.03. The quantitative estimate of drug-likeness (QED) is 0.611. The molecule has 2 N–H and O–H groups in total. The van der Waals surface area contributed by atoms with Crippen LogP contribution in [0.25, 0.3) is 0 Å². The van der Waals surface area contributed by atoms with E-state index in [1.54, 1.807) is 4.90 Å². The highest BCUT2D eigenvalue weighted by Gasteiger charge is 2.24. The SMILES string of the molecule is C=C(C)CN1CCCC(N)C1=O.